The Balaban J connectivity index is 1.97. The van der Waals surface area contributed by atoms with Crippen LogP contribution in [-0.2, 0) is 6.54 Å². The van der Waals surface area contributed by atoms with Gasteiger partial charge in [0.1, 0.15) is 0 Å². The van der Waals surface area contributed by atoms with Crippen molar-refractivity contribution in [2.24, 2.45) is 5.16 Å². The van der Waals surface area contributed by atoms with Crippen LogP contribution in [0.4, 0.5) is 5.69 Å². The molecule has 4 heteroatoms. The monoisotopic (exact) mass is 272 g/mol. The topological polar surface area (TPSA) is 35.8 Å². The van der Waals surface area contributed by atoms with Crippen LogP contribution in [0, 0.1) is 0 Å². The number of fused-ring (bicyclic) bond motifs is 1. The SMILES string of the molecule is O/N=C1/CCCN(Cc2cccs2)c2ccccc21. The van der Waals surface area contributed by atoms with Gasteiger partial charge in [-0.05, 0) is 30.4 Å². The molecule has 2 heterocycles. The number of thiophene rings is 1. The predicted molar refractivity (Wildman–Crippen MR) is 79.4 cm³/mol. The number of anilines is 1. The Kier molecular flexibility index (Phi) is 3.51. The van der Waals surface area contributed by atoms with Crippen LogP contribution in [0.5, 0.6) is 0 Å². The number of hydrogen-bond donors (Lipinski definition) is 1. The van der Waals surface area contributed by atoms with Gasteiger partial charge in [0, 0.05) is 22.7 Å². The largest absolute Gasteiger partial charge is 0.411 e. The van der Waals surface area contributed by atoms with Gasteiger partial charge >= 0.3 is 0 Å². The normalized spacial score (nSPS) is 17.3. The number of benzene rings is 1. The Labute approximate surface area is 116 Å². The number of oxime groups is 1. The Morgan fingerprint density at radius 2 is 2.11 bits per heavy atom. The van der Waals surface area contributed by atoms with E-state index in [1.54, 1.807) is 11.3 Å². The average molecular weight is 272 g/mol. The van der Waals surface area contributed by atoms with Gasteiger partial charge in [-0.3, -0.25) is 0 Å². The van der Waals surface area contributed by atoms with Crippen LogP contribution in [0.2, 0.25) is 0 Å². The van der Waals surface area contributed by atoms with Crippen molar-refractivity contribution >= 4 is 22.7 Å². The number of nitrogens with zero attached hydrogens (tertiary/aromatic N) is 2. The summed E-state index contributed by atoms with van der Waals surface area (Å²) in [5, 5.41) is 14.8. The van der Waals surface area contributed by atoms with E-state index >= 15 is 0 Å². The van der Waals surface area contributed by atoms with Crippen molar-refractivity contribution in [3.05, 3.63) is 52.2 Å². The van der Waals surface area contributed by atoms with Crippen molar-refractivity contribution in [1.29, 1.82) is 0 Å². The molecule has 19 heavy (non-hydrogen) atoms. The lowest BCUT2D eigenvalue weighted by Gasteiger charge is -2.24. The summed E-state index contributed by atoms with van der Waals surface area (Å²) in [6, 6.07) is 12.4. The van der Waals surface area contributed by atoms with Gasteiger partial charge in [-0.2, -0.15) is 0 Å². The van der Waals surface area contributed by atoms with Crippen LogP contribution in [0.1, 0.15) is 23.3 Å². The summed E-state index contributed by atoms with van der Waals surface area (Å²) >= 11 is 1.78. The van der Waals surface area contributed by atoms with E-state index in [0.29, 0.717) is 0 Å². The summed E-state index contributed by atoms with van der Waals surface area (Å²) in [6.45, 7) is 1.92. The zero-order valence-corrected chi connectivity index (χ0v) is 11.4. The predicted octanol–water partition coefficient (Wildman–Crippen LogP) is 3.73. The van der Waals surface area contributed by atoms with Crippen LogP contribution in [-0.4, -0.2) is 17.5 Å². The van der Waals surface area contributed by atoms with Crippen LogP contribution < -0.4 is 4.90 Å². The van der Waals surface area contributed by atoms with Gasteiger partial charge < -0.3 is 10.1 Å². The molecule has 0 unspecified atom stereocenters. The highest BCUT2D eigenvalue weighted by atomic mass is 32.1. The van der Waals surface area contributed by atoms with Gasteiger partial charge in [0.25, 0.3) is 0 Å². The maximum Gasteiger partial charge on any atom is 0.0889 e. The van der Waals surface area contributed by atoms with Gasteiger partial charge in [-0.15, -0.1) is 11.3 Å². The molecule has 3 nitrogen and oxygen atoms in total. The first-order valence-corrected chi connectivity index (χ1v) is 7.34. The second-order valence-electron chi connectivity index (χ2n) is 4.67. The highest BCUT2D eigenvalue weighted by Crippen LogP contribution is 2.28. The molecule has 1 N–H and O–H groups in total. The molecule has 98 valence electrons. The maximum atomic E-state index is 9.18. The molecule has 0 spiro atoms. The van der Waals surface area contributed by atoms with Gasteiger partial charge in [-0.25, -0.2) is 0 Å². The van der Waals surface area contributed by atoms with Crippen molar-refractivity contribution in [2.45, 2.75) is 19.4 Å². The highest BCUT2D eigenvalue weighted by Gasteiger charge is 2.19. The van der Waals surface area contributed by atoms with E-state index in [0.717, 1.165) is 37.2 Å². The Hall–Kier alpha value is -1.81. The fourth-order valence-corrected chi connectivity index (χ4v) is 3.26. The molecule has 0 bridgehead atoms. The summed E-state index contributed by atoms with van der Waals surface area (Å²) in [6.07, 6.45) is 1.84. The van der Waals surface area contributed by atoms with Crippen LogP contribution >= 0.6 is 11.3 Å². The minimum Gasteiger partial charge on any atom is -0.411 e. The summed E-state index contributed by atoms with van der Waals surface area (Å²) in [4.78, 5) is 3.73. The summed E-state index contributed by atoms with van der Waals surface area (Å²) in [5.74, 6) is 0. The minimum absolute atomic E-state index is 0.796. The van der Waals surface area contributed by atoms with E-state index in [-0.39, 0.29) is 0 Å². The van der Waals surface area contributed by atoms with E-state index in [4.69, 9.17) is 0 Å². The van der Waals surface area contributed by atoms with Gasteiger partial charge in [0.2, 0.25) is 0 Å². The zero-order chi connectivity index (χ0) is 13.1. The van der Waals surface area contributed by atoms with Gasteiger partial charge in [0.05, 0.1) is 12.3 Å². The van der Waals surface area contributed by atoms with Crippen LogP contribution in [0.15, 0.2) is 46.9 Å². The van der Waals surface area contributed by atoms with E-state index in [9.17, 15) is 5.21 Å². The second-order valence-corrected chi connectivity index (χ2v) is 5.70. The average Bonchev–Trinajstić information content (AvgIpc) is 2.89. The quantitative estimate of drug-likeness (QED) is 0.668. The fraction of sp³-hybridized carbons (Fsp3) is 0.267. The molecule has 0 fully saturated rings. The van der Waals surface area contributed by atoms with Crippen molar-refractivity contribution < 1.29 is 5.21 Å². The Morgan fingerprint density at radius 1 is 1.21 bits per heavy atom. The lowest BCUT2D eigenvalue weighted by molar-refractivity contribution is 0.318. The third-order valence-corrected chi connectivity index (χ3v) is 4.31. The van der Waals surface area contributed by atoms with Crippen molar-refractivity contribution in [3.8, 4) is 0 Å². The lowest BCUT2D eigenvalue weighted by atomic mass is 10.1. The number of hydrogen-bond acceptors (Lipinski definition) is 4. The molecule has 1 aromatic heterocycles. The van der Waals surface area contributed by atoms with E-state index in [1.165, 1.54) is 10.6 Å². The van der Waals surface area contributed by atoms with E-state index in [2.05, 4.69) is 33.6 Å². The van der Waals surface area contributed by atoms with E-state index in [1.807, 2.05) is 18.2 Å². The number of rotatable bonds is 2. The molecule has 2 aromatic rings. The zero-order valence-electron chi connectivity index (χ0n) is 10.6. The summed E-state index contributed by atoms with van der Waals surface area (Å²) in [5.41, 5.74) is 3.02. The second kappa shape index (κ2) is 5.45. The summed E-state index contributed by atoms with van der Waals surface area (Å²) < 4.78 is 0. The third-order valence-electron chi connectivity index (χ3n) is 3.44. The van der Waals surface area contributed by atoms with Gasteiger partial charge in [0.15, 0.2) is 0 Å². The molecule has 1 aromatic carbocycles. The first-order valence-electron chi connectivity index (χ1n) is 6.46. The highest BCUT2D eigenvalue weighted by molar-refractivity contribution is 7.09. The molecular weight excluding hydrogens is 256 g/mol. The lowest BCUT2D eigenvalue weighted by Crippen LogP contribution is -2.22. The smallest absolute Gasteiger partial charge is 0.0889 e. The van der Waals surface area contributed by atoms with Crippen molar-refractivity contribution in [2.75, 3.05) is 11.4 Å². The maximum absolute atomic E-state index is 9.18. The van der Waals surface area contributed by atoms with Gasteiger partial charge in [-0.1, -0.05) is 29.4 Å². The van der Waals surface area contributed by atoms with Crippen molar-refractivity contribution in [1.82, 2.24) is 0 Å². The van der Waals surface area contributed by atoms with E-state index < -0.39 is 0 Å². The molecule has 0 saturated carbocycles. The number of para-hydroxylation sites is 1. The first-order chi connectivity index (χ1) is 9.38. The Bertz CT molecular complexity index is 578. The molecule has 0 saturated heterocycles. The standard InChI is InChI=1S/C15H16N2OS/c18-16-14-7-3-9-17(11-12-5-4-10-19-12)15-8-2-1-6-13(14)15/h1-2,4-6,8,10,18H,3,7,9,11H2/b16-14-. The Morgan fingerprint density at radius 3 is 2.89 bits per heavy atom. The minimum atomic E-state index is 0.796. The molecule has 0 atom stereocenters. The third kappa shape index (κ3) is 2.49. The fourth-order valence-electron chi connectivity index (χ4n) is 2.54. The van der Waals surface area contributed by atoms with Crippen LogP contribution in [0.25, 0.3) is 0 Å². The first kappa shape index (κ1) is 12.2. The molecule has 1 aliphatic heterocycles. The molecular formula is C15H16N2OS. The summed E-state index contributed by atoms with van der Waals surface area (Å²) in [7, 11) is 0. The molecule has 3 rings (SSSR count). The van der Waals surface area contributed by atoms with Crippen molar-refractivity contribution in [3.63, 3.8) is 0 Å². The van der Waals surface area contributed by atoms with Crippen LogP contribution in [0.3, 0.4) is 0 Å². The molecule has 0 amide bonds. The molecule has 0 radical (unpaired) electrons. The molecule has 0 aliphatic carbocycles. The molecule has 1 aliphatic rings.